The predicted octanol–water partition coefficient (Wildman–Crippen LogP) is 1.84. The number of hydrogen-bond acceptors (Lipinski definition) is 1. The Kier molecular flexibility index (Phi) is 3.47. The molecule has 0 atom stereocenters. The van der Waals surface area contributed by atoms with Gasteiger partial charge in [-0.2, -0.15) is 0 Å². The second-order valence-electron chi connectivity index (χ2n) is 2.11. The van der Waals surface area contributed by atoms with E-state index in [1.165, 1.54) is 0 Å². The number of halogens is 3. The summed E-state index contributed by atoms with van der Waals surface area (Å²) in [6, 6.07) is 0.697. The van der Waals surface area contributed by atoms with Crippen molar-refractivity contribution in [2.45, 2.75) is 7.43 Å². The van der Waals surface area contributed by atoms with E-state index >= 15 is 0 Å². The third kappa shape index (κ3) is 2.21. The minimum absolute atomic E-state index is 0. The summed E-state index contributed by atoms with van der Waals surface area (Å²) < 4.78 is 37.2. The third-order valence-electron chi connectivity index (χ3n) is 1.28. The monoisotopic (exact) mass is 191 g/mol. The van der Waals surface area contributed by atoms with Crippen LogP contribution in [0.2, 0.25) is 0 Å². The molecular weight excluding hydrogens is 183 g/mol. The Morgan fingerprint density at radius 2 is 1.54 bits per heavy atom. The lowest BCUT2D eigenvalue weighted by Gasteiger charge is -1.98. The Labute approximate surface area is 73.2 Å². The van der Waals surface area contributed by atoms with Gasteiger partial charge in [0.25, 0.3) is 5.91 Å². The Morgan fingerprint density at radius 1 is 1.08 bits per heavy atom. The first-order chi connectivity index (χ1) is 5.52. The Morgan fingerprint density at radius 3 is 2.00 bits per heavy atom. The lowest BCUT2D eigenvalue weighted by molar-refractivity contribution is 0.0996. The SMILES string of the molecule is C.NC(=O)c1cc(F)c(F)cc1F. The van der Waals surface area contributed by atoms with Crippen LogP contribution >= 0.6 is 0 Å². The average molecular weight is 191 g/mol. The third-order valence-corrected chi connectivity index (χ3v) is 1.28. The van der Waals surface area contributed by atoms with Gasteiger partial charge in [-0.05, 0) is 6.07 Å². The summed E-state index contributed by atoms with van der Waals surface area (Å²) in [5.74, 6) is -4.95. The van der Waals surface area contributed by atoms with Crippen molar-refractivity contribution in [2.24, 2.45) is 5.73 Å². The van der Waals surface area contributed by atoms with Gasteiger partial charge in [0, 0.05) is 6.07 Å². The van der Waals surface area contributed by atoms with Crippen molar-refractivity contribution in [1.82, 2.24) is 0 Å². The van der Waals surface area contributed by atoms with Crippen LogP contribution in [0.1, 0.15) is 17.8 Å². The molecule has 13 heavy (non-hydrogen) atoms. The van der Waals surface area contributed by atoms with Crippen LogP contribution in [0.15, 0.2) is 12.1 Å². The standard InChI is InChI=1S/C7H4F3NO.CH4/c8-4-2-6(10)5(9)1-3(4)7(11)12;/h1-2H,(H2,11,12);1H4. The summed E-state index contributed by atoms with van der Waals surface area (Å²) in [5, 5.41) is 0. The first kappa shape index (κ1) is 11.5. The number of primary amides is 1. The van der Waals surface area contributed by atoms with Gasteiger partial charge in [-0.15, -0.1) is 0 Å². The lowest BCUT2D eigenvalue weighted by atomic mass is 10.2. The topological polar surface area (TPSA) is 43.1 Å². The largest absolute Gasteiger partial charge is 0.366 e. The normalized spacial score (nSPS) is 9.15. The number of amides is 1. The van der Waals surface area contributed by atoms with Crippen molar-refractivity contribution < 1.29 is 18.0 Å². The van der Waals surface area contributed by atoms with E-state index in [1.54, 1.807) is 0 Å². The minimum Gasteiger partial charge on any atom is -0.366 e. The smallest absolute Gasteiger partial charge is 0.251 e. The highest BCUT2D eigenvalue weighted by Gasteiger charge is 2.12. The molecule has 0 unspecified atom stereocenters. The molecule has 1 rings (SSSR count). The molecule has 1 aromatic carbocycles. The van der Waals surface area contributed by atoms with E-state index in [9.17, 15) is 18.0 Å². The predicted molar refractivity (Wildman–Crippen MR) is 41.6 cm³/mol. The molecule has 0 spiro atoms. The van der Waals surface area contributed by atoms with Crippen molar-refractivity contribution in [3.8, 4) is 0 Å². The van der Waals surface area contributed by atoms with Gasteiger partial charge in [0.1, 0.15) is 5.82 Å². The Hall–Kier alpha value is -1.52. The minimum atomic E-state index is -1.35. The van der Waals surface area contributed by atoms with Gasteiger partial charge in [-0.25, -0.2) is 13.2 Å². The Balaban J connectivity index is 0.00000144. The van der Waals surface area contributed by atoms with E-state index in [0.29, 0.717) is 6.07 Å². The molecule has 0 saturated heterocycles. The quantitative estimate of drug-likeness (QED) is 0.676. The van der Waals surface area contributed by atoms with E-state index in [-0.39, 0.29) is 13.5 Å². The summed E-state index contributed by atoms with van der Waals surface area (Å²) in [4.78, 5) is 10.4. The lowest BCUT2D eigenvalue weighted by Crippen LogP contribution is -2.13. The summed E-state index contributed by atoms with van der Waals surface area (Å²) in [5.41, 5.74) is 4.01. The first-order valence-electron chi connectivity index (χ1n) is 2.96. The van der Waals surface area contributed by atoms with Crippen molar-refractivity contribution >= 4 is 5.91 Å². The van der Waals surface area contributed by atoms with Crippen LogP contribution < -0.4 is 5.73 Å². The number of carbonyl (C=O) groups excluding carboxylic acids is 1. The molecule has 2 nitrogen and oxygen atoms in total. The van der Waals surface area contributed by atoms with Crippen LogP contribution in [0.25, 0.3) is 0 Å². The van der Waals surface area contributed by atoms with Crippen molar-refractivity contribution in [1.29, 1.82) is 0 Å². The van der Waals surface area contributed by atoms with Crippen molar-refractivity contribution in [3.63, 3.8) is 0 Å². The molecule has 2 N–H and O–H groups in total. The van der Waals surface area contributed by atoms with Crippen LogP contribution in [-0.2, 0) is 0 Å². The zero-order valence-electron chi connectivity index (χ0n) is 5.77. The highest BCUT2D eigenvalue weighted by molar-refractivity contribution is 5.93. The van der Waals surface area contributed by atoms with E-state index < -0.39 is 28.9 Å². The molecule has 0 aliphatic rings. The fourth-order valence-electron chi connectivity index (χ4n) is 0.711. The molecule has 0 saturated carbocycles. The number of hydrogen-bond donors (Lipinski definition) is 1. The maximum atomic E-state index is 12.6. The highest BCUT2D eigenvalue weighted by atomic mass is 19.2. The summed E-state index contributed by atoms with van der Waals surface area (Å²) >= 11 is 0. The molecule has 0 bridgehead atoms. The van der Waals surface area contributed by atoms with Crippen molar-refractivity contribution in [3.05, 3.63) is 35.1 Å². The maximum absolute atomic E-state index is 12.6. The molecule has 5 heteroatoms. The second kappa shape index (κ2) is 3.93. The molecule has 1 aromatic rings. The van der Waals surface area contributed by atoms with Crippen LogP contribution in [0.4, 0.5) is 13.2 Å². The van der Waals surface area contributed by atoms with Crippen LogP contribution in [0.5, 0.6) is 0 Å². The summed E-state index contributed by atoms with van der Waals surface area (Å²) in [6.07, 6.45) is 0. The molecule has 1 amide bonds. The van der Waals surface area contributed by atoms with Crippen molar-refractivity contribution in [2.75, 3.05) is 0 Å². The average Bonchev–Trinajstić information content (AvgIpc) is 1.96. The second-order valence-corrected chi connectivity index (χ2v) is 2.11. The number of benzene rings is 1. The van der Waals surface area contributed by atoms with E-state index in [1.807, 2.05) is 0 Å². The zero-order chi connectivity index (χ0) is 9.30. The van der Waals surface area contributed by atoms with Gasteiger partial charge in [0.05, 0.1) is 5.56 Å². The summed E-state index contributed by atoms with van der Waals surface area (Å²) in [7, 11) is 0. The fraction of sp³-hybridized carbons (Fsp3) is 0.125. The molecule has 0 aliphatic heterocycles. The summed E-state index contributed by atoms with van der Waals surface area (Å²) in [6.45, 7) is 0. The molecule has 0 fully saturated rings. The van der Waals surface area contributed by atoms with Gasteiger partial charge < -0.3 is 5.73 Å². The van der Waals surface area contributed by atoms with Crippen LogP contribution in [0, 0.1) is 17.5 Å². The van der Waals surface area contributed by atoms with Gasteiger partial charge >= 0.3 is 0 Å². The zero-order valence-corrected chi connectivity index (χ0v) is 5.77. The van der Waals surface area contributed by atoms with E-state index in [2.05, 4.69) is 5.73 Å². The van der Waals surface area contributed by atoms with Gasteiger partial charge in [-0.3, -0.25) is 4.79 Å². The van der Waals surface area contributed by atoms with Gasteiger partial charge in [0.2, 0.25) is 0 Å². The number of rotatable bonds is 1. The van der Waals surface area contributed by atoms with Crippen LogP contribution in [0.3, 0.4) is 0 Å². The molecule has 72 valence electrons. The first-order valence-corrected chi connectivity index (χ1v) is 2.96. The fourth-order valence-corrected chi connectivity index (χ4v) is 0.711. The van der Waals surface area contributed by atoms with Crippen LogP contribution in [-0.4, -0.2) is 5.91 Å². The molecule has 0 radical (unpaired) electrons. The molecule has 0 heterocycles. The Bertz CT molecular complexity index is 338. The number of carbonyl (C=O) groups is 1. The van der Waals surface area contributed by atoms with E-state index in [0.717, 1.165) is 0 Å². The molecule has 0 aromatic heterocycles. The van der Waals surface area contributed by atoms with Gasteiger partial charge in [-0.1, -0.05) is 7.43 Å². The van der Waals surface area contributed by atoms with E-state index in [4.69, 9.17) is 0 Å². The van der Waals surface area contributed by atoms with Gasteiger partial charge in [0.15, 0.2) is 11.6 Å². The molecule has 0 aliphatic carbocycles. The number of nitrogens with two attached hydrogens (primary N) is 1. The molecular formula is C8H8F3NO. The highest BCUT2D eigenvalue weighted by Crippen LogP contribution is 2.12. The maximum Gasteiger partial charge on any atom is 0.251 e.